The van der Waals surface area contributed by atoms with Gasteiger partial charge in [-0.15, -0.1) is 0 Å². The van der Waals surface area contributed by atoms with Gasteiger partial charge in [-0.2, -0.15) is 0 Å². The zero-order valence-corrected chi connectivity index (χ0v) is 42.0. The summed E-state index contributed by atoms with van der Waals surface area (Å²) < 4.78 is 11.3. The highest BCUT2D eigenvalue weighted by Gasteiger charge is 2.76. The molecule has 1 N–H and O–H groups in total. The number of oxime groups is 1. The van der Waals surface area contributed by atoms with Crippen LogP contribution in [-0.4, -0.2) is 35.5 Å². The number of nitrogens with one attached hydrogen (secondary N) is 1. The zero-order chi connectivity index (χ0) is 49.2. The number of alkyl halides is 1. The van der Waals surface area contributed by atoms with Gasteiger partial charge in [-0.3, -0.25) is 5.32 Å². The second kappa shape index (κ2) is 7.58. The molecule has 1 unspecified atom stereocenters. The molecule has 0 saturated heterocycles. The molecule has 1 amide bonds. The van der Waals surface area contributed by atoms with Crippen molar-refractivity contribution >= 4 is 320 Å². The molecule has 0 fully saturated rings. The van der Waals surface area contributed by atoms with E-state index in [4.69, 9.17) is 31.1 Å². The van der Waals surface area contributed by atoms with E-state index >= 15 is 0 Å². The van der Waals surface area contributed by atoms with Gasteiger partial charge in [-0.05, 0) is 329 Å². The van der Waals surface area contributed by atoms with Gasteiger partial charge in [0.05, 0.1) is 12.8 Å². The van der Waals surface area contributed by atoms with Gasteiger partial charge in [0.2, 0.25) is 10.6 Å². The molecule has 348 valence electrons. The van der Waals surface area contributed by atoms with E-state index in [1.807, 2.05) is 20.8 Å². The molecular formula is C71H17ClN2O5. The molecule has 8 heteroatoms. The maximum absolute atomic E-state index is 14.3. The Morgan fingerprint density at radius 1 is 0.405 bits per heavy atom. The van der Waals surface area contributed by atoms with Crippen LogP contribution in [0.3, 0.4) is 0 Å². The molecule has 4 aliphatic carbocycles. The lowest BCUT2D eigenvalue weighted by Gasteiger charge is -2.48. The SMILES string of the molecule is COC(=O)C(Cl)(CCC1=NOC23c4c5c6c7c8c9c(c%10c%11c2c2c4c4c%12c5c5c6c6c8c8c%13c9c9c%10c%10c%11c%11c2c2c4c4c%12c%12c5c5c6c8c6c8c%13c9c9c%10c%10c%11c2c2c4c4c%12c5c6c5c8c9c%10c2c45)C173)NC(=O)OC(C)(C)C. The Balaban J connectivity index is 0.976. The summed E-state index contributed by atoms with van der Waals surface area (Å²) in [4.78, 5) is 34.2. The lowest BCUT2D eigenvalue weighted by atomic mass is 9.52. The number of nitrogens with zero attached hydrogens (tertiary/aromatic N) is 1. The molecular weight excluding hydrogens is 996 g/mol. The molecule has 79 heavy (non-hydrogen) atoms. The molecule has 28 aromatic carbocycles. The van der Waals surface area contributed by atoms with Crippen molar-refractivity contribution in [2.45, 2.75) is 55.2 Å². The minimum absolute atomic E-state index is 0.00618. The van der Waals surface area contributed by atoms with E-state index in [-0.39, 0.29) is 12.8 Å². The highest BCUT2D eigenvalue weighted by molar-refractivity contribution is 6.82. The molecule has 0 aromatic heterocycles. The molecule has 0 radical (unpaired) electrons. The molecule has 28 aromatic rings. The van der Waals surface area contributed by atoms with Crippen LogP contribution in [-0.2, 0) is 30.1 Å². The van der Waals surface area contributed by atoms with Crippen LogP contribution in [0.25, 0.3) is 291 Å². The van der Waals surface area contributed by atoms with Gasteiger partial charge in [0.15, 0.2) is 0 Å². The maximum Gasteiger partial charge on any atom is 0.409 e. The standard InChI is InChI=1S/C71H17ClN2O5/c1-68(2,3)78-67(76)73-69(72,66(75)77-4)6-5-7-70-62-54-46-36-26-18-10-8-9-12-16-14(10)22-30-24(16)34-28-20(12)21-13(9)17-15-11(8)19(18)27-33-23(15)31-25(17)35-29(21)39-38(28)50-44(34)52-42(30)48(40(46)32(22)26)56(62)58(52)64-60(50)61-51(39)45(35)53-43(31)49-41(33)47(37(27)36)55(54)63(70)57(49)59(53)65(61)71(64,70)79-74-7/h5-6H2,1-4H3,(H,73,76). The third kappa shape index (κ3) is 1.93. The molecule has 0 saturated carbocycles. The first-order valence-electron chi connectivity index (χ1n) is 28.4. The van der Waals surface area contributed by atoms with Crippen LogP contribution in [0.2, 0.25) is 0 Å². The molecule has 33 rings (SSSR count). The van der Waals surface area contributed by atoms with Gasteiger partial charge >= 0.3 is 12.1 Å². The van der Waals surface area contributed by atoms with Crippen LogP contribution in [0.4, 0.5) is 4.79 Å². The number of carbonyl (C=O) groups excluding carboxylic acids is 2. The number of hydrogen-bond donors (Lipinski definition) is 1. The third-order valence-corrected chi connectivity index (χ3v) is 26.3. The van der Waals surface area contributed by atoms with E-state index in [0.29, 0.717) is 0 Å². The summed E-state index contributed by atoms with van der Waals surface area (Å²) >= 11 is 7.57. The number of benzene rings is 18. The number of esters is 1. The minimum atomic E-state index is -1.96. The molecule has 5 aliphatic rings. The summed E-state index contributed by atoms with van der Waals surface area (Å²) in [6.45, 7) is 5.43. The Morgan fingerprint density at radius 3 is 0.861 bits per heavy atom. The number of ether oxygens (including phenoxy) is 2. The number of hydrogen-bond acceptors (Lipinski definition) is 6. The fourth-order valence-corrected chi connectivity index (χ4v) is 25.6. The van der Waals surface area contributed by atoms with Crippen molar-refractivity contribution in [3.05, 3.63) is 22.3 Å². The topological polar surface area (TPSA) is 86.2 Å². The first-order valence-corrected chi connectivity index (χ1v) is 28.8. The first kappa shape index (κ1) is 32.6. The summed E-state index contributed by atoms with van der Waals surface area (Å²) in [7, 11) is 1.33. The molecule has 1 atom stereocenters. The molecule has 1 heterocycles. The Labute approximate surface area is 436 Å². The van der Waals surface area contributed by atoms with Crippen molar-refractivity contribution in [2.24, 2.45) is 5.16 Å². The Morgan fingerprint density at radius 2 is 0.633 bits per heavy atom. The van der Waals surface area contributed by atoms with Crippen LogP contribution in [0.1, 0.15) is 55.9 Å². The van der Waals surface area contributed by atoms with E-state index in [0.717, 1.165) is 5.71 Å². The molecule has 0 bridgehead atoms. The van der Waals surface area contributed by atoms with Gasteiger partial charge < -0.3 is 14.3 Å². The van der Waals surface area contributed by atoms with Crippen molar-refractivity contribution in [1.29, 1.82) is 0 Å². The highest BCUT2D eigenvalue weighted by Crippen LogP contribution is 2.85. The maximum atomic E-state index is 14.3. The van der Waals surface area contributed by atoms with Crippen LogP contribution >= 0.6 is 11.6 Å². The van der Waals surface area contributed by atoms with Gasteiger partial charge in [-0.1, -0.05) is 16.8 Å². The predicted octanol–water partition coefficient (Wildman–Crippen LogP) is 18.1. The van der Waals surface area contributed by atoms with E-state index in [1.165, 1.54) is 223 Å². The smallest absolute Gasteiger partial charge is 0.409 e. The van der Waals surface area contributed by atoms with E-state index in [2.05, 4.69) is 5.32 Å². The fourth-order valence-electron chi connectivity index (χ4n) is 25.4. The summed E-state index contributed by atoms with van der Waals surface area (Å²) in [5.74, 6) is -0.743. The average molecular weight is 1010 g/mol. The van der Waals surface area contributed by atoms with Gasteiger partial charge in [0.25, 0.3) is 0 Å². The van der Waals surface area contributed by atoms with Crippen LogP contribution in [0.5, 0.6) is 0 Å². The summed E-state index contributed by atoms with van der Waals surface area (Å²) in [5.41, 5.74) is 3.47. The monoisotopic (exact) mass is 1010 g/mol. The first-order chi connectivity index (χ1) is 38.6. The quantitative estimate of drug-likeness (QED) is 0.0803. The number of amides is 1. The van der Waals surface area contributed by atoms with Gasteiger partial charge in [-0.25, -0.2) is 9.59 Å². The molecule has 2 spiro atoms. The Bertz CT molecular complexity index is 7470. The van der Waals surface area contributed by atoms with Gasteiger partial charge in [0.1, 0.15) is 11.0 Å². The number of carbonyl (C=O) groups is 2. The van der Waals surface area contributed by atoms with E-state index in [1.54, 1.807) is 97.0 Å². The minimum Gasteiger partial charge on any atom is -0.466 e. The lowest BCUT2D eigenvalue weighted by molar-refractivity contribution is -0.145. The summed E-state index contributed by atoms with van der Waals surface area (Å²) in [6, 6.07) is 0. The van der Waals surface area contributed by atoms with Crippen molar-refractivity contribution < 1.29 is 23.9 Å². The summed E-state index contributed by atoms with van der Waals surface area (Å²) in [5, 5.41) is 89.7. The van der Waals surface area contributed by atoms with Crippen LogP contribution in [0.15, 0.2) is 5.16 Å². The van der Waals surface area contributed by atoms with Crippen LogP contribution in [0, 0.1) is 0 Å². The van der Waals surface area contributed by atoms with Crippen molar-refractivity contribution in [1.82, 2.24) is 5.32 Å². The van der Waals surface area contributed by atoms with Crippen LogP contribution < -0.4 is 5.32 Å². The zero-order valence-electron chi connectivity index (χ0n) is 41.3. The normalized spacial score (nSPS) is 22.1. The largest absolute Gasteiger partial charge is 0.466 e. The lowest BCUT2D eigenvalue weighted by Crippen LogP contribution is -2.55. The fraction of sp³-hybridized carbons (Fsp3) is 0.141. The molecule has 1 aliphatic heterocycles. The number of rotatable bonds is 5. The highest BCUT2D eigenvalue weighted by atomic mass is 35.5. The van der Waals surface area contributed by atoms with E-state index < -0.39 is 33.7 Å². The predicted molar refractivity (Wildman–Crippen MR) is 322 cm³/mol. The second-order valence-corrected chi connectivity index (χ2v) is 28.9. The van der Waals surface area contributed by atoms with Crippen molar-refractivity contribution in [3.63, 3.8) is 0 Å². The number of halogens is 1. The summed E-state index contributed by atoms with van der Waals surface area (Å²) in [6.07, 6.45) is -0.512. The second-order valence-electron chi connectivity index (χ2n) is 28.2. The molecule has 7 nitrogen and oxygen atoms in total. The van der Waals surface area contributed by atoms with Crippen molar-refractivity contribution in [2.75, 3.05) is 7.11 Å². The van der Waals surface area contributed by atoms with E-state index in [9.17, 15) is 9.59 Å². The Hall–Kier alpha value is -9.04. The number of alkyl carbamates (subject to hydrolysis) is 1. The Kier molecular flexibility index (Phi) is 3.13. The third-order valence-electron chi connectivity index (χ3n) is 25.9. The average Bonchev–Trinajstić information content (AvgIpc) is 1.40. The number of methoxy groups -OCH3 is 1. The van der Waals surface area contributed by atoms with Gasteiger partial charge in [0, 0.05) is 17.5 Å². The van der Waals surface area contributed by atoms with Crippen molar-refractivity contribution in [3.8, 4) is 0 Å².